The molecule has 1 saturated heterocycles. The lowest BCUT2D eigenvalue weighted by molar-refractivity contribution is -0.0577. The van der Waals surface area contributed by atoms with Gasteiger partial charge in [0.05, 0.1) is 24.7 Å². The summed E-state index contributed by atoms with van der Waals surface area (Å²) in [5.74, 6) is 0. The van der Waals surface area contributed by atoms with Gasteiger partial charge in [-0.1, -0.05) is 18.2 Å². The van der Waals surface area contributed by atoms with E-state index in [1.807, 2.05) is 0 Å². The first-order valence-electron chi connectivity index (χ1n) is 5.91. The molecule has 0 N–H and O–H groups in total. The zero-order chi connectivity index (χ0) is 11.0. The number of rotatable bonds is 2. The van der Waals surface area contributed by atoms with E-state index in [2.05, 4.69) is 24.3 Å². The summed E-state index contributed by atoms with van der Waals surface area (Å²) in [5.41, 5.74) is 4.28. The van der Waals surface area contributed by atoms with Crippen molar-refractivity contribution in [3.63, 3.8) is 0 Å². The lowest BCUT2D eigenvalue weighted by Crippen LogP contribution is -2.46. The van der Waals surface area contributed by atoms with Gasteiger partial charge < -0.3 is 4.74 Å². The van der Waals surface area contributed by atoms with Gasteiger partial charge in [0.15, 0.2) is 0 Å². The fraction of sp³-hybridized carbons (Fsp3) is 0.500. The average molecular weight is 213 g/mol. The van der Waals surface area contributed by atoms with Gasteiger partial charge in [0.1, 0.15) is 0 Å². The molecule has 1 heterocycles. The van der Waals surface area contributed by atoms with Crippen LogP contribution in [-0.2, 0) is 23.0 Å². The number of nitriles is 1. The fourth-order valence-electron chi connectivity index (χ4n) is 2.77. The predicted molar refractivity (Wildman–Crippen MR) is 61.2 cm³/mol. The molecule has 2 nitrogen and oxygen atoms in total. The van der Waals surface area contributed by atoms with Crippen LogP contribution in [0.2, 0.25) is 0 Å². The maximum Gasteiger partial charge on any atom is 0.0632 e. The number of nitrogens with zero attached hydrogens (tertiary/aromatic N) is 1. The summed E-state index contributed by atoms with van der Waals surface area (Å²) < 4.78 is 5.31. The molecule has 3 rings (SSSR count). The van der Waals surface area contributed by atoms with Gasteiger partial charge in [-0.2, -0.15) is 5.26 Å². The number of fused-ring (bicyclic) bond motifs is 1. The Balaban J connectivity index is 1.97. The molecule has 0 bridgehead atoms. The summed E-state index contributed by atoms with van der Waals surface area (Å²) >= 11 is 0. The van der Waals surface area contributed by atoms with Crippen LogP contribution in [0.4, 0.5) is 0 Å². The number of aryl methyl sites for hydroxylation is 2. The molecule has 1 aliphatic heterocycles. The van der Waals surface area contributed by atoms with Crippen molar-refractivity contribution in [1.29, 1.82) is 5.26 Å². The van der Waals surface area contributed by atoms with E-state index in [4.69, 9.17) is 10.00 Å². The highest BCUT2D eigenvalue weighted by Gasteiger charge is 2.40. The van der Waals surface area contributed by atoms with E-state index >= 15 is 0 Å². The summed E-state index contributed by atoms with van der Waals surface area (Å²) in [5, 5.41) is 8.92. The van der Waals surface area contributed by atoms with Gasteiger partial charge in [0.25, 0.3) is 0 Å². The number of ether oxygens (including phenoxy) is 1. The van der Waals surface area contributed by atoms with Crippen LogP contribution in [-0.4, -0.2) is 13.2 Å². The zero-order valence-electron chi connectivity index (χ0n) is 9.33. The molecule has 16 heavy (non-hydrogen) atoms. The number of hydrogen-bond acceptors (Lipinski definition) is 2. The standard InChI is InChI=1S/C14H15NO/c15-7-6-14(9-16-10-14)13-5-4-11-2-1-3-12(11)8-13/h4-5,8H,1-3,6,9-10H2. The molecule has 1 aromatic rings. The molecule has 2 aliphatic rings. The van der Waals surface area contributed by atoms with Crippen LogP contribution in [0.25, 0.3) is 0 Å². The average Bonchev–Trinajstić information content (AvgIpc) is 2.70. The second-order valence-electron chi connectivity index (χ2n) is 4.95. The van der Waals surface area contributed by atoms with Crippen molar-refractivity contribution in [2.24, 2.45) is 0 Å². The summed E-state index contributed by atoms with van der Waals surface area (Å²) in [6, 6.07) is 9.05. The van der Waals surface area contributed by atoms with Crippen LogP contribution in [0.15, 0.2) is 18.2 Å². The molecular weight excluding hydrogens is 198 g/mol. The molecule has 2 heteroatoms. The second-order valence-corrected chi connectivity index (χ2v) is 4.95. The molecule has 0 saturated carbocycles. The molecule has 0 spiro atoms. The largest absolute Gasteiger partial charge is 0.379 e. The van der Waals surface area contributed by atoms with Crippen molar-refractivity contribution in [1.82, 2.24) is 0 Å². The quantitative estimate of drug-likeness (QED) is 0.755. The molecule has 0 unspecified atom stereocenters. The maximum absolute atomic E-state index is 8.92. The Morgan fingerprint density at radius 1 is 1.25 bits per heavy atom. The van der Waals surface area contributed by atoms with Crippen molar-refractivity contribution < 1.29 is 4.74 Å². The van der Waals surface area contributed by atoms with E-state index in [1.165, 1.54) is 36.0 Å². The summed E-state index contributed by atoms with van der Waals surface area (Å²) in [7, 11) is 0. The minimum Gasteiger partial charge on any atom is -0.379 e. The predicted octanol–water partition coefficient (Wildman–Crippen LogP) is 2.36. The van der Waals surface area contributed by atoms with Gasteiger partial charge >= 0.3 is 0 Å². The summed E-state index contributed by atoms with van der Waals surface area (Å²) in [6.07, 6.45) is 4.27. The van der Waals surface area contributed by atoms with Crippen LogP contribution in [0.3, 0.4) is 0 Å². The third-order valence-corrected chi connectivity index (χ3v) is 3.89. The van der Waals surface area contributed by atoms with Gasteiger partial charge in [-0.25, -0.2) is 0 Å². The molecule has 1 aromatic carbocycles. The topological polar surface area (TPSA) is 33.0 Å². The summed E-state index contributed by atoms with van der Waals surface area (Å²) in [6.45, 7) is 1.42. The van der Waals surface area contributed by atoms with E-state index in [9.17, 15) is 0 Å². The molecule has 0 radical (unpaired) electrons. The number of benzene rings is 1. The third-order valence-electron chi connectivity index (χ3n) is 3.89. The van der Waals surface area contributed by atoms with E-state index < -0.39 is 0 Å². The normalized spacial score (nSPS) is 20.9. The number of hydrogen-bond donors (Lipinski definition) is 0. The van der Waals surface area contributed by atoms with Crippen molar-refractivity contribution in [2.75, 3.05) is 13.2 Å². The third kappa shape index (κ3) is 1.36. The van der Waals surface area contributed by atoms with Gasteiger partial charge in [-0.15, -0.1) is 0 Å². The minimum atomic E-state index is -0.00757. The van der Waals surface area contributed by atoms with Gasteiger partial charge in [-0.05, 0) is 36.0 Å². The first kappa shape index (κ1) is 9.86. The van der Waals surface area contributed by atoms with Crippen molar-refractivity contribution in [2.45, 2.75) is 31.1 Å². The molecule has 82 valence electrons. The molecule has 0 aromatic heterocycles. The van der Waals surface area contributed by atoms with E-state index in [-0.39, 0.29) is 5.41 Å². The second kappa shape index (κ2) is 3.61. The Morgan fingerprint density at radius 2 is 2.06 bits per heavy atom. The Morgan fingerprint density at radius 3 is 2.75 bits per heavy atom. The van der Waals surface area contributed by atoms with E-state index in [0.717, 1.165) is 0 Å². The molecule has 1 fully saturated rings. The first-order valence-corrected chi connectivity index (χ1v) is 5.91. The first-order chi connectivity index (χ1) is 7.84. The smallest absolute Gasteiger partial charge is 0.0632 e. The Labute approximate surface area is 95.8 Å². The lowest BCUT2D eigenvalue weighted by atomic mass is 9.75. The highest BCUT2D eigenvalue weighted by molar-refractivity contribution is 5.40. The van der Waals surface area contributed by atoms with Crippen molar-refractivity contribution in [3.05, 3.63) is 34.9 Å². The van der Waals surface area contributed by atoms with Crippen molar-refractivity contribution in [3.8, 4) is 6.07 Å². The highest BCUT2D eigenvalue weighted by atomic mass is 16.5. The van der Waals surface area contributed by atoms with E-state index in [1.54, 1.807) is 0 Å². The fourth-order valence-corrected chi connectivity index (χ4v) is 2.77. The minimum absolute atomic E-state index is 0.00757. The van der Waals surface area contributed by atoms with E-state index in [0.29, 0.717) is 19.6 Å². The molecular formula is C14H15NO. The highest BCUT2D eigenvalue weighted by Crippen LogP contribution is 2.37. The monoisotopic (exact) mass is 213 g/mol. The van der Waals surface area contributed by atoms with Crippen LogP contribution in [0.1, 0.15) is 29.5 Å². The van der Waals surface area contributed by atoms with Crippen LogP contribution in [0.5, 0.6) is 0 Å². The molecule has 1 aliphatic carbocycles. The Bertz CT molecular complexity index is 454. The zero-order valence-corrected chi connectivity index (χ0v) is 9.33. The summed E-state index contributed by atoms with van der Waals surface area (Å²) in [4.78, 5) is 0. The van der Waals surface area contributed by atoms with Gasteiger partial charge in [-0.3, -0.25) is 0 Å². The van der Waals surface area contributed by atoms with Crippen LogP contribution < -0.4 is 0 Å². The Hall–Kier alpha value is -1.33. The molecule has 0 atom stereocenters. The SMILES string of the molecule is N#CCC1(c2ccc3c(c2)CCC3)COC1. The van der Waals surface area contributed by atoms with Gasteiger partial charge in [0.2, 0.25) is 0 Å². The van der Waals surface area contributed by atoms with Crippen molar-refractivity contribution >= 4 is 0 Å². The van der Waals surface area contributed by atoms with Gasteiger partial charge in [0, 0.05) is 6.42 Å². The lowest BCUT2D eigenvalue weighted by Gasteiger charge is -2.40. The van der Waals surface area contributed by atoms with Crippen LogP contribution in [0, 0.1) is 11.3 Å². The Kier molecular flexibility index (Phi) is 2.22. The van der Waals surface area contributed by atoms with Crippen LogP contribution >= 0.6 is 0 Å². The maximum atomic E-state index is 8.92. The molecule has 0 amide bonds.